The predicted octanol–water partition coefficient (Wildman–Crippen LogP) is 4.62. The number of benzene rings is 2. The highest BCUT2D eigenvalue weighted by Crippen LogP contribution is 2.35. The summed E-state index contributed by atoms with van der Waals surface area (Å²) in [5, 5.41) is 0. The lowest BCUT2D eigenvalue weighted by Gasteiger charge is -2.36. The van der Waals surface area contributed by atoms with Gasteiger partial charge in [-0.2, -0.15) is 0 Å². The minimum Gasteiger partial charge on any atom is -0.492 e. The number of nitrogen functional groups attached to an aromatic ring is 1. The van der Waals surface area contributed by atoms with Crippen molar-refractivity contribution < 1.29 is 9.47 Å². The highest BCUT2D eigenvalue weighted by atomic mass is 16.5. The molecule has 26 heavy (non-hydrogen) atoms. The minimum absolute atomic E-state index is 0.160. The van der Waals surface area contributed by atoms with Gasteiger partial charge in [-0.15, -0.1) is 0 Å². The zero-order valence-corrected chi connectivity index (χ0v) is 16.3. The Labute approximate surface area is 156 Å². The molecule has 0 radical (unpaired) electrons. The second-order valence-corrected chi connectivity index (χ2v) is 7.94. The van der Waals surface area contributed by atoms with Crippen molar-refractivity contribution in [1.29, 1.82) is 0 Å². The van der Waals surface area contributed by atoms with E-state index in [1.54, 1.807) is 0 Å². The molecule has 2 N–H and O–H groups in total. The molecule has 3 rings (SSSR count). The van der Waals surface area contributed by atoms with Crippen LogP contribution in [-0.2, 0) is 5.41 Å². The van der Waals surface area contributed by atoms with Crippen LogP contribution in [0.25, 0.3) is 0 Å². The van der Waals surface area contributed by atoms with Gasteiger partial charge in [0.05, 0.1) is 18.8 Å². The SMILES string of the molecule is CCC1CN(CCOc2ccc(C(C)(C)C)cc2)c2ccc(N)cc2O1. The fourth-order valence-corrected chi connectivity index (χ4v) is 3.20. The summed E-state index contributed by atoms with van der Waals surface area (Å²) in [7, 11) is 0. The second-order valence-electron chi connectivity index (χ2n) is 7.94. The Balaban J connectivity index is 1.62. The summed E-state index contributed by atoms with van der Waals surface area (Å²) >= 11 is 0. The van der Waals surface area contributed by atoms with Gasteiger partial charge in [-0.05, 0) is 41.7 Å². The van der Waals surface area contributed by atoms with Crippen molar-refractivity contribution in [2.24, 2.45) is 0 Å². The van der Waals surface area contributed by atoms with Gasteiger partial charge in [-0.1, -0.05) is 39.8 Å². The summed E-state index contributed by atoms with van der Waals surface area (Å²) in [5.74, 6) is 1.79. The molecule has 1 atom stereocenters. The molecule has 0 aromatic heterocycles. The first-order valence-corrected chi connectivity index (χ1v) is 9.41. The van der Waals surface area contributed by atoms with Crippen molar-refractivity contribution in [3.05, 3.63) is 48.0 Å². The molecule has 0 saturated carbocycles. The van der Waals surface area contributed by atoms with Gasteiger partial charge < -0.3 is 20.1 Å². The summed E-state index contributed by atoms with van der Waals surface area (Å²) in [5.41, 5.74) is 9.21. The van der Waals surface area contributed by atoms with Crippen molar-refractivity contribution in [3.63, 3.8) is 0 Å². The molecule has 4 nitrogen and oxygen atoms in total. The standard InChI is InChI=1S/C22H30N2O2/c1-5-18-15-24(20-11-8-17(23)14-21(20)26-18)12-13-25-19-9-6-16(7-10-19)22(2,3)4/h6-11,14,18H,5,12-13,15,23H2,1-4H3. The Morgan fingerprint density at radius 2 is 1.88 bits per heavy atom. The van der Waals surface area contributed by atoms with Gasteiger partial charge in [0.1, 0.15) is 24.2 Å². The summed E-state index contributed by atoms with van der Waals surface area (Å²) in [6, 6.07) is 14.3. The molecule has 2 aromatic rings. The van der Waals surface area contributed by atoms with E-state index < -0.39 is 0 Å². The number of anilines is 2. The lowest BCUT2D eigenvalue weighted by molar-refractivity contribution is 0.186. The molecule has 1 aliphatic rings. The fraction of sp³-hybridized carbons (Fsp3) is 0.455. The summed E-state index contributed by atoms with van der Waals surface area (Å²) in [6.07, 6.45) is 1.16. The van der Waals surface area contributed by atoms with E-state index in [1.165, 1.54) is 5.56 Å². The van der Waals surface area contributed by atoms with Crippen molar-refractivity contribution in [3.8, 4) is 11.5 Å². The summed E-state index contributed by atoms with van der Waals surface area (Å²) in [4.78, 5) is 2.33. The van der Waals surface area contributed by atoms with E-state index in [0.29, 0.717) is 6.61 Å². The van der Waals surface area contributed by atoms with Crippen LogP contribution in [0.5, 0.6) is 11.5 Å². The highest BCUT2D eigenvalue weighted by Gasteiger charge is 2.24. The Bertz CT molecular complexity index is 735. The Morgan fingerprint density at radius 3 is 2.54 bits per heavy atom. The van der Waals surface area contributed by atoms with Gasteiger partial charge >= 0.3 is 0 Å². The molecule has 0 bridgehead atoms. The molecular formula is C22H30N2O2. The number of fused-ring (bicyclic) bond motifs is 1. The maximum absolute atomic E-state index is 6.04. The average Bonchev–Trinajstić information content (AvgIpc) is 2.60. The highest BCUT2D eigenvalue weighted by molar-refractivity contribution is 5.65. The molecule has 0 spiro atoms. The molecule has 0 fully saturated rings. The molecule has 140 valence electrons. The van der Waals surface area contributed by atoms with Crippen LogP contribution in [0, 0.1) is 0 Å². The maximum Gasteiger partial charge on any atom is 0.145 e. The van der Waals surface area contributed by atoms with Crippen LogP contribution in [0.2, 0.25) is 0 Å². The maximum atomic E-state index is 6.04. The third-order valence-electron chi connectivity index (χ3n) is 4.85. The van der Waals surface area contributed by atoms with Crippen LogP contribution in [0.4, 0.5) is 11.4 Å². The molecule has 0 aliphatic carbocycles. The van der Waals surface area contributed by atoms with Crippen LogP contribution in [-0.4, -0.2) is 25.8 Å². The number of hydrogen-bond donors (Lipinski definition) is 1. The van der Waals surface area contributed by atoms with Crippen LogP contribution >= 0.6 is 0 Å². The monoisotopic (exact) mass is 354 g/mol. The first-order chi connectivity index (χ1) is 12.4. The molecular weight excluding hydrogens is 324 g/mol. The lowest BCUT2D eigenvalue weighted by atomic mass is 9.87. The van der Waals surface area contributed by atoms with E-state index in [-0.39, 0.29) is 11.5 Å². The minimum atomic E-state index is 0.160. The van der Waals surface area contributed by atoms with Gasteiger partial charge in [0.25, 0.3) is 0 Å². The third kappa shape index (κ3) is 4.24. The van der Waals surface area contributed by atoms with Gasteiger partial charge in [0.2, 0.25) is 0 Å². The van der Waals surface area contributed by atoms with Crippen LogP contribution in [0.15, 0.2) is 42.5 Å². The first-order valence-electron chi connectivity index (χ1n) is 9.41. The molecule has 1 aliphatic heterocycles. The zero-order chi connectivity index (χ0) is 18.7. The molecule has 1 unspecified atom stereocenters. The van der Waals surface area contributed by atoms with E-state index >= 15 is 0 Å². The average molecular weight is 354 g/mol. The Morgan fingerprint density at radius 1 is 1.15 bits per heavy atom. The van der Waals surface area contributed by atoms with Gasteiger partial charge in [0, 0.05) is 11.8 Å². The van der Waals surface area contributed by atoms with E-state index in [9.17, 15) is 0 Å². The van der Waals surface area contributed by atoms with Crippen molar-refractivity contribution >= 4 is 11.4 Å². The van der Waals surface area contributed by atoms with E-state index in [2.05, 4.69) is 56.9 Å². The van der Waals surface area contributed by atoms with Crippen LogP contribution in [0.3, 0.4) is 0 Å². The summed E-state index contributed by atoms with van der Waals surface area (Å²) in [6.45, 7) is 11.1. The molecule has 2 aromatic carbocycles. The zero-order valence-electron chi connectivity index (χ0n) is 16.3. The van der Waals surface area contributed by atoms with Crippen molar-refractivity contribution in [2.75, 3.05) is 30.3 Å². The van der Waals surface area contributed by atoms with Gasteiger partial charge in [-0.25, -0.2) is 0 Å². The normalized spacial score (nSPS) is 16.8. The van der Waals surface area contributed by atoms with Crippen LogP contribution < -0.4 is 20.1 Å². The molecule has 0 amide bonds. The lowest BCUT2D eigenvalue weighted by Crippen LogP contribution is -2.41. The number of ether oxygens (including phenoxy) is 2. The Hall–Kier alpha value is -2.36. The second kappa shape index (κ2) is 7.48. The largest absolute Gasteiger partial charge is 0.492 e. The predicted molar refractivity (Wildman–Crippen MR) is 108 cm³/mol. The smallest absolute Gasteiger partial charge is 0.145 e. The molecule has 0 saturated heterocycles. The fourth-order valence-electron chi connectivity index (χ4n) is 3.20. The molecule has 4 heteroatoms. The number of nitrogens with zero attached hydrogens (tertiary/aromatic N) is 1. The van der Waals surface area contributed by atoms with Crippen LogP contribution in [0.1, 0.15) is 39.7 Å². The van der Waals surface area contributed by atoms with Gasteiger partial charge in [0.15, 0.2) is 0 Å². The third-order valence-corrected chi connectivity index (χ3v) is 4.85. The van der Waals surface area contributed by atoms with E-state index in [4.69, 9.17) is 15.2 Å². The first kappa shape index (κ1) is 18.4. The quantitative estimate of drug-likeness (QED) is 0.796. The number of rotatable bonds is 5. The van der Waals surface area contributed by atoms with E-state index in [0.717, 1.165) is 42.4 Å². The topological polar surface area (TPSA) is 47.7 Å². The summed E-state index contributed by atoms with van der Waals surface area (Å²) < 4.78 is 12.0. The van der Waals surface area contributed by atoms with Crippen molar-refractivity contribution in [1.82, 2.24) is 0 Å². The number of nitrogens with two attached hydrogens (primary N) is 1. The van der Waals surface area contributed by atoms with Crippen molar-refractivity contribution in [2.45, 2.75) is 45.6 Å². The van der Waals surface area contributed by atoms with Gasteiger partial charge in [-0.3, -0.25) is 0 Å². The molecule has 1 heterocycles. The van der Waals surface area contributed by atoms with E-state index in [1.807, 2.05) is 18.2 Å². The Kier molecular flexibility index (Phi) is 5.30. The number of hydrogen-bond acceptors (Lipinski definition) is 4.